The minimum Gasteiger partial charge on any atom is -0.444 e. The molecule has 1 heterocycles. The first kappa shape index (κ1) is 29.5. The van der Waals surface area contributed by atoms with Gasteiger partial charge in [0.25, 0.3) is 16.1 Å². The molecule has 0 bridgehead atoms. The van der Waals surface area contributed by atoms with Crippen molar-refractivity contribution in [2.75, 3.05) is 46.0 Å². The molecule has 1 atom stereocenters. The molecule has 1 fully saturated rings. The Morgan fingerprint density at radius 2 is 1.58 bits per heavy atom. The van der Waals surface area contributed by atoms with Crippen molar-refractivity contribution in [3.8, 4) is 0 Å². The number of rotatable bonds is 8. The lowest BCUT2D eigenvalue weighted by Gasteiger charge is -2.40. The average molecular weight is 516 g/mol. The normalized spacial score (nSPS) is 18.9. The second-order valence-electron chi connectivity index (χ2n) is 9.73. The van der Waals surface area contributed by atoms with E-state index in [9.17, 15) is 26.4 Å². The molecule has 1 aliphatic heterocycles. The van der Waals surface area contributed by atoms with Gasteiger partial charge < -0.3 is 4.74 Å². The van der Waals surface area contributed by atoms with Gasteiger partial charge in [-0.3, -0.25) is 14.5 Å². The van der Waals surface area contributed by atoms with Gasteiger partial charge in [-0.15, -0.1) is 0 Å². The van der Waals surface area contributed by atoms with Gasteiger partial charge in [0.15, 0.2) is 0 Å². The Balaban J connectivity index is 3.00. The van der Waals surface area contributed by atoms with E-state index in [4.69, 9.17) is 9.57 Å². The van der Waals surface area contributed by atoms with Crippen LogP contribution in [0, 0.1) is 0 Å². The first-order chi connectivity index (χ1) is 14.8. The quantitative estimate of drug-likeness (QED) is 0.409. The molecule has 2 N–H and O–H groups in total. The molecule has 0 aromatic carbocycles. The fourth-order valence-corrected chi connectivity index (χ4v) is 4.70. The summed E-state index contributed by atoms with van der Waals surface area (Å²) in [5.74, 6) is -1.22. The van der Waals surface area contributed by atoms with E-state index >= 15 is 0 Å². The summed E-state index contributed by atoms with van der Waals surface area (Å²) in [4.78, 5) is 31.9. The number of hydrogen-bond donors (Lipinski definition) is 2. The predicted molar refractivity (Wildman–Crippen MR) is 122 cm³/mol. The minimum atomic E-state index is -3.94. The van der Waals surface area contributed by atoms with Crippen LogP contribution in [0.3, 0.4) is 0 Å². The number of hydrogen-bond acceptors (Lipinski definition) is 8. The third-order valence-electron chi connectivity index (χ3n) is 4.25. The molecule has 1 saturated heterocycles. The molecule has 1 aliphatic rings. The lowest BCUT2D eigenvalue weighted by molar-refractivity contribution is -0.152. The molecular weight excluding hydrogens is 478 g/mol. The van der Waals surface area contributed by atoms with Crippen molar-refractivity contribution < 1.29 is 36.0 Å². The second-order valence-corrected chi connectivity index (χ2v) is 13.8. The summed E-state index contributed by atoms with van der Waals surface area (Å²) in [6.45, 7) is 9.33. The van der Waals surface area contributed by atoms with E-state index in [1.165, 1.54) is 14.1 Å². The third-order valence-corrected chi connectivity index (χ3v) is 7.62. The van der Waals surface area contributed by atoms with Crippen LogP contribution in [-0.2, 0) is 34.6 Å². The van der Waals surface area contributed by atoms with E-state index in [1.807, 2.05) is 0 Å². The van der Waals surface area contributed by atoms with Crippen LogP contribution in [0.4, 0.5) is 4.79 Å². The molecule has 13 nitrogen and oxygen atoms in total. The van der Waals surface area contributed by atoms with Crippen molar-refractivity contribution >= 4 is 32.2 Å². The van der Waals surface area contributed by atoms with Crippen LogP contribution >= 0.6 is 0 Å². The molecule has 194 valence electrons. The van der Waals surface area contributed by atoms with E-state index in [0.717, 1.165) is 13.5 Å². The van der Waals surface area contributed by atoms with Gasteiger partial charge in [0.1, 0.15) is 11.6 Å². The maximum Gasteiger partial charge on any atom is 0.411 e. The number of sulfonamides is 1. The number of ether oxygens (including phenoxy) is 1. The molecule has 0 unspecified atom stereocenters. The number of piperazine rings is 1. The van der Waals surface area contributed by atoms with Crippen LogP contribution in [-0.4, -0.2) is 106 Å². The zero-order valence-electron chi connectivity index (χ0n) is 20.5. The molecule has 0 aromatic heterocycles. The second kappa shape index (κ2) is 10.8. The highest BCUT2D eigenvalue weighted by Gasteiger charge is 2.41. The summed E-state index contributed by atoms with van der Waals surface area (Å²) in [6.07, 6.45) is -0.755. The van der Waals surface area contributed by atoms with Gasteiger partial charge in [0, 0.05) is 40.3 Å². The third kappa shape index (κ3) is 9.70. The Hall–Kier alpha value is -1.52. The maximum atomic E-state index is 12.8. The van der Waals surface area contributed by atoms with Gasteiger partial charge >= 0.3 is 6.09 Å². The van der Waals surface area contributed by atoms with Crippen molar-refractivity contribution in [3.05, 3.63) is 0 Å². The Morgan fingerprint density at radius 1 is 1.00 bits per heavy atom. The summed E-state index contributed by atoms with van der Waals surface area (Å²) < 4.78 is 58.8. The van der Waals surface area contributed by atoms with Gasteiger partial charge in [0.05, 0.1) is 11.4 Å². The number of amides is 2. The van der Waals surface area contributed by atoms with E-state index in [2.05, 4.69) is 10.2 Å². The Kier molecular flexibility index (Phi) is 9.68. The van der Waals surface area contributed by atoms with Crippen molar-refractivity contribution in [2.24, 2.45) is 0 Å². The average Bonchev–Trinajstić information content (AvgIpc) is 2.63. The molecular formula is C18H37N5O8S2. The van der Waals surface area contributed by atoms with E-state index in [1.54, 1.807) is 41.5 Å². The molecule has 0 aliphatic carbocycles. The standard InChI is InChI=1S/C18H37N5O8S2/c1-17(2,3)30-16(25)23-11-10-22(13-14(23)15(24)20-31-18(4,5)6)32(26,27)12-9-19-33(28,29)21(7)8/h14,19H,9-13H2,1-8H3,(H,20,24)/t14-/m1/s1. The highest BCUT2D eigenvalue weighted by Crippen LogP contribution is 2.19. The van der Waals surface area contributed by atoms with Gasteiger partial charge in [-0.1, -0.05) is 0 Å². The minimum absolute atomic E-state index is 0.0775. The first-order valence-corrected chi connectivity index (χ1v) is 13.4. The van der Waals surface area contributed by atoms with Crippen molar-refractivity contribution in [1.29, 1.82) is 0 Å². The molecule has 0 aromatic rings. The first-order valence-electron chi connectivity index (χ1n) is 10.4. The van der Waals surface area contributed by atoms with Crippen LogP contribution in [0.25, 0.3) is 0 Å². The summed E-state index contributed by atoms with van der Waals surface area (Å²) in [6, 6.07) is -1.20. The Morgan fingerprint density at radius 3 is 2.06 bits per heavy atom. The maximum absolute atomic E-state index is 12.8. The smallest absolute Gasteiger partial charge is 0.411 e. The van der Waals surface area contributed by atoms with Crippen LogP contribution in [0.15, 0.2) is 0 Å². The highest BCUT2D eigenvalue weighted by atomic mass is 32.2. The lowest BCUT2D eigenvalue weighted by Crippen LogP contribution is -2.62. The molecule has 15 heteroatoms. The number of nitrogens with one attached hydrogen (secondary N) is 2. The fourth-order valence-electron chi connectivity index (χ4n) is 2.60. The van der Waals surface area contributed by atoms with Gasteiger partial charge in [-0.2, -0.15) is 17.0 Å². The summed E-state index contributed by atoms with van der Waals surface area (Å²) >= 11 is 0. The fraction of sp³-hybridized carbons (Fsp3) is 0.889. The lowest BCUT2D eigenvalue weighted by atomic mass is 10.2. The monoisotopic (exact) mass is 515 g/mol. The molecule has 0 saturated carbocycles. The topological polar surface area (TPSA) is 155 Å². The van der Waals surface area contributed by atoms with Gasteiger partial charge in [0.2, 0.25) is 10.0 Å². The largest absolute Gasteiger partial charge is 0.444 e. The number of carbonyl (C=O) groups is 2. The molecule has 1 rings (SSSR count). The predicted octanol–water partition coefficient (Wildman–Crippen LogP) is -0.520. The Labute approximate surface area is 196 Å². The van der Waals surface area contributed by atoms with Gasteiger partial charge in [-0.25, -0.2) is 23.4 Å². The van der Waals surface area contributed by atoms with Gasteiger partial charge in [-0.05, 0) is 41.5 Å². The van der Waals surface area contributed by atoms with Crippen LogP contribution in [0.5, 0.6) is 0 Å². The number of hydroxylamine groups is 1. The summed E-state index contributed by atoms with van der Waals surface area (Å²) in [5.41, 5.74) is 0.756. The van der Waals surface area contributed by atoms with Crippen LogP contribution < -0.4 is 10.2 Å². The van der Waals surface area contributed by atoms with Crippen LogP contribution in [0.2, 0.25) is 0 Å². The summed E-state index contributed by atoms with van der Waals surface area (Å²) in [7, 11) is -5.09. The van der Waals surface area contributed by atoms with Crippen molar-refractivity contribution in [3.63, 3.8) is 0 Å². The molecule has 0 spiro atoms. The van der Waals surface area contributed by atoms with Crippen molar-refractivity contribution in [2.45, 2.75) is 58.8 Å². The van der Waals surface area contributed by atoms with E-state index < -0.39 is 55.2 Å². The molecule has 33 heavy (non-hydrogen) atoms. The van der Waals surface area contributed by atoms with Crippen LogP contribution in [0.1, 0.15) is 41.5 Å². The van der Waals surface area contributed by atoms with E-state index in [0.29, 0.717) is 0 Å². The van der Waals surface area contributed by atoms with E-state index in [-0.39, 0.29) is 26.2 Å². The highest BCUT2D eigenvalue weighted by molar-refractivity contribution is 7.89. The zero-order valence-corrected chi connectivity index (χ0v) is 22.2. The molecule has 2 amide bonds. The number of carbonyl (C=O) groups excluding carboxylic acids is 2. The summed E-state index contributed by atoms with van der Waals surface area (Å²) in [5, 5.41) is 0. The number of nitrogens with zero attached hydrogens (tertiary/aromatic N) is 3. The SMILES string of the molecule is CN(C)S(=O)(=O)NCCS(=O)(=O)N1CCN(C(=O)OC(C)(C)C)[C@@H](C(=O)NOC(C)(C)C)C1. The molecule has 0 radical (unpaired) electrons. The Bertz CT molecular complexity index is 907. The zero-order chi connectivity index (χ0) is 25.8. The van der Waals surface area contributed by atoms with Crippen molar-refractivity contribution in [1.82, 2.24) is 23.7 Å².